The topological polar surface area (TPSA) is 78.3 Å². The van der Waals surface area contributed by atoms with Gasteiger partial charge in [0.05, 0.1) is 12.9 Å². The van der Waals surface area contributed by atoms with E-state index in [2.05, 4.69) is 31.4 Å². The van der Waals surface area contributed by atoms with Gasteiger partial charge >= 0.3 is 0 Å². The molecule has 0 saturated heterocycles. The van der Waals surface area contributed by atoms with E-state index in [4.69, 9.17) is 9.47 Å². The van der Waals surface area contributed by atoms with Gasteiger partial charge in [-0.2, -0.15) is 0 Å². The second-order valence-electron chi connectivity index (χ2n) is 6.36. The Morgan fingerprint density at radius 2 is 1.80 bits per heavy atom. The summed E-state index contributed by atoms with van der Waals surface area (Å²) in [5.41, 5.74) is 0.753. The van der Waals surface area contributed by atoms with E-state index >= 15 is 0 Å². The normalized spacial score (nSPS) is 11.7. The molecule has 1 amide bonds. The number of ether oxygens (including phenoxy) is 2. The quantitative estimate of drug-likeness (QED) is 0.428. The molecule has 7 nitrogen and oxygen atoms in total. The summed E-state index contributed by atoms with van der Waals surface area (Å²) in [4.78, 5) is 12.3. The number of halogens is 1. The molecule has 3 aromatic rings. The van der Waals surface area contributed by atoms with Crippen LogP contribution in [0.2, 0.25) is 0 Å². The lowest BCUT2D eigenvalue weighted by molar-refractivity contribution is -0.113. The second-order valence-corrected chi connectivity index (χ2v) is 8.22. The van der Waals surface area contributed by atoms with Gasteiger partial charge in [0, 0.05) is 16.7 Å². The highest BCUT2D eigenvalue weighted by Crippen LogP contribution is 2.26. The van der Waals surface area contributed by atoms with Gasteiger partial charge in [-0.15, -0.1) is 10.2 Å². The van der Waals surface area contributed by atoms with Crippen LogP contribution < -0.4 is 14.8 Å². The first-order chi connectivity index (χ1) is 14.5. The minimum atomic E-state index is -0.295. The summed E-state index contributed by atoms with van der Waals surface area (Å²) >= 11 is 4.73. The van der Waals surface area contributed by atoms with Crippen LogP contribution in [0.25, 0.3) is 0 Å². The molecular weight excluding hydrogens is 468 g/mol. The summed E-state index contributed by atoms with van der Waals surface area (Å²) in [6, 6.07) is 14.8. The first-order valence-corrected chi connectivity index (χ1v) is 11.2. The maximum Gasteiger partial charge on any atom is 0.234 e. The number of thioether (sulfide) groups is 1. The molecule has 0 bridgehead atoms. The van der Waals surface area contributed by atoms with Gasteiger partial charge in [-0.25, -0.2) is 0 Å². The summed E-state index contributed by atoms with van der Waals surface area (Å²) in [6.45, 7) is 4.61. The Morgan fingerprint density at radius 1 is 1.13 bits per heavy atom. The van der Waals surface area contributed by atoms with Crippen molar-refractivity contribution in [3.63, 3.8) is 0 Å². The molecule has 0 fully saturated rings. The number of aromatic nitrogens is 3. The Labute approximate surface area is 188 Å². The highest BCUT2D eigenvalue weighted by Gasteiger charge is 2.19. The lowest BCUT2D eigenvalue weighted by atomic mass is 10.3. The summed E-state index contributed by atoms with van der Waals surface area (Å²) in [7, 11) is 1.63. The number of carbonyl (C=O) groups excluding carboxylic acids is 1. The molecular formula is C21H23BrN4O3S. The van der Waals surface area contributed by atoms with E-state index in [1.54, 1.807) is 7.11 Å². The molecule has 1 aromatic heterocycles. The van der Waals surface area contributed by atoms with Gasteiger partial charge in [0.2, 0.25) is 5.91 Å². The van der Waals surface area contributed by atoms with Gasteiger partial charge in [0.15, 0.2) is 17.1 Å². The Bertz CT molecular complexity index is 977. The summed E-state index contributed by atoms with van der Waals surface area (Å²) in [6.07, 6.45) is -0.295. The summed E-state index contributed by atoms with van der Waals surface area (Å²) in [5.74, 6) is 2.34. The molecule has 0 radical (unpaired) electrons. The predicted molar refractivity (Wildman–Crippen MR) is 121 cm³/mol. The van der Waals surface area contributed by atoms with E-state index < -0.39 is 0 Å². The number of nitrogens with one attached hydrogen (secondary N) is 1. The standard InChI is InChI=1S/C21H23BrN4O3S/c1-4-26-20(14(2)29-18-11-9-17(28-3)10-12-18)24-25-21(26)30-13-19(27)23-16-7-5-15(22)6-8-16/h5-12,14H,4,13H2,1-3H3,(H,23,27). The number of amides is 1. The van der Waals surface area contributed by atoms with Crippen LogP contribution in [-0.4, -0.2) is 33.5 Å². The fourth-order valence-electron chi connectivity index (χ4n) is 2.78. The van der Waals surface area contributed by atoms with Crippen molar-refractivity contribution in [2.24, 2.45) is 0 Å². The average molecular weight is 491 g/mol. The number of hydrogen-bond acceptors (Lipinski definition) is 6. The minimum Gasteiger partial charge on any atom is -0.497 e. The zero-order valence-electron chi connectivity index (χ0n) is 17.0. The first kappa shape index (κ1) is 22.2. The van der Waals surface area contributed by atoms with Crippen molar-refractivity contribution in [3.8, 4) is 11.5 Å². The van der Waals surface area contributed by atoms with E-state index in [9.17, 15) is 4.79 Å². The molecule has 3 rings (SSSR count). The van der Waals surface area contributed by atoms with Crippen molar-refractivity contribution in [3.05, 3.63) is 58.8 Å². The van der Waals surface area contributed by atoms with Crippen molar-refractivity contribution in [1.29, 1.82) is 0 Å². The number of benzene rings is 2. The Hall–Kier alpha value is -2.52. The molecule has 1 unspecified atom stereocenters. The molecule has 1 atom stereocenters. The molecule has 9 heteroatoms. The van der Waals surface area contributed by atoms with E-state index in [0.29, 0.717) is 17.5 Å². The smallest absolute Gasteiger partial charge is 0.234 e. The monoisotopic (exact) mass is 490 g/mol. The molecule has 1 N–H and O–H groups in total. The third-order valence-corrected chi connectivity index (χ3v) is 5.75. The maximum absolute atomic E-state index is 12.3. The van der Waals surface area contributed by atoms with Gasteiger partial charge in [0.25, 0.3) is 0 Å². The van der Waals surface area contributed by atoms with Gasteiger partial charge in [-0.1, -0.05) is 27.7 Å². The third-order valence-electron chi connectivity index (χ3n) is 4.26. The van der Waals surface area contributed by atoms with Crippen LogP contribution in [0, 0.1) is 0 Å². The summed E-state index contributed by atoms with van der Waals surface area (Å²) < 4.78 is 14.1. The lowest BCUT2D eigenvalue weighted by Crippen LogP contribution is -2.15. The zero-order valence-corrected chi connectivity index (χ0v) is 19.4. The van der Waals surface area contributed by atoms with E-state index in [0.717, 1.165) is 21.7 Å². The van der Waals surface area contributed by atoms with Crippen LogP contribution in [0.4, 0.5) is 5.69 Å². The molecule has 2 aromatic carbocycles. The predicted octanol–water partition coefficient (Wildman–Crippen LogP) is 4.94. The molecule has 0 saturated carbocycles. The third kappa shape index (κ3) is 5.76. The summed E-state index contributed by atoms with van der Waals surface area (Å²) in [5, 5.41) is 12.1. The number of hydrogen-bond donors (Lipinski definition) is 1. The fourth-order valence-corrected chi connectivity index (χ4v) is 3.85. The number of methoxy groups -OCH3 is 1. The van der Waals surface area contributed by atoms with Crippen molar-refractivity contribution >= 4 is 39.3 Å². The van der Waals surface area contributed by atoms with Crippen LogP contribution in [0.1, 0.15) is 25.8 Å². The molecule has 158 valence electrons. The van der Waals surface area contributed by atoms with Crippen LogP contribution >= 0.6 is 27.7 Å². The van der Waals surface area contributed by atoms with E-state index in [-0.39, 0.29) is 17.8 Å². The fraction of sp³-hybridized carbons (Fsp3) is 0.286. The average Bonchev–Trinajstić information content (AvgIpc) is 3.17. The Balaban J connectivity index is 1.61. The first-order valence-electron chi connectivity index (χ1n) is 9.42. The number of rotatable bonds is 9. The number of anilines is 1. The number of carbonyl (C=O) groups is 1. The Morgan fingerprint density at radius 3 is 2.43 bits per heavy atom. The van der Waals surface area contributed by atoms with Crippen LogP contribution in [0.15, 0.2) is 58.2 Å². The highest BCUT2D eigenvalue weighted by atomic mass is 79.9. The van der Waals surface area contributed by atoms with Crippen molar-refractivity contribution in [2.75, 3.05) is 18.2 Å². The van der Waals surface area contributed by atoms with Gasteiger partial charge in [-0.05, 0) is 62.4 Å². The number of nitrogens with zero attached hydrogens (tertiary/aromatic N) is 3. The zero-order chi connectivity index (χ0) is 21.5. The van der Waals surface area contributed by atoms with Crippen LogP contribution in [0.3, 0.4) is 0 Å². The largest absolute Gasteiger partial charge is 0.497 e. The van der Waals surface area contributed by atoms with Gasteiger partial charge < -0.3 is 19.4 Å². The molecule has 0 aliphatic heterocycles. The van der Waals surface area contributed by atoms with Crippen molar-refractivity contribution < 1.29 is 14.3 Å². The SMILES string of the molecule is CCn1c(SCC(=O)Nc2ccc(Br)cc2)nnc1C(C)Oc1ccc(OC)cc1. The molecule has 0 spiro atoms. The maximum atomic E-state index is 12.3. The van der Waals surface area contributed by atoms with E-state index in [1.165, 1.54) is 11.8 Å². The second kappa shape index (κ2) is 10.5. The molecule has 30 heavy (non-hydrogen) atoms. The highest BCUT2D eigenvalue weighted by molar-refractivity contribution is 9.10. The van der Waals surface area contributed by atoms with E-state index in [1.807, 2.05) is 66.9 Å². The minimum absolute atomic E-state index is 0.0999. The molecule has 0 aliphatic carbocycles. The van der Waals surface area contributed by atoms with Crippen LogP contribution in [0.5, 0.6) is 11.5 Å². The van der Waals surface area contributed by atoms with Gasteiger partial charge in [-0.3, -0.25) is 4.79 Å². The van der Waals surface area contributed by atoms with Crippen molar-refractivity contribution in [1.82, 2.24) is 14.8 Å². The molecule has 0 aliphatic rings. The van der Waals surface area contributed by atoms with Crippen molar-refractivity contribution in [2.45, 2.75) is 31.7 Å². The van der Waals surface area contributed by atoms with Gasteiger partial charge in [0.1, 0.15) is 11.5 Å². The van der Waals surface area contributed by atoms with Crippen LogP contribution in [-0.2, 0) is 11.3 Å². The Kier molecular flexibility index (Phi) is 7.75. The molecule has 1 heterocycles. The lowest BCUT2D eigenvalue weighted by Gasteiger charge is -2.15.